The third-order valence-electron chi connectivity index (χ3n) is 5.54. The van der Waals surface area contributed by atoms with Crippen LogP contribution in [0.4, 0.5) is 5.69 Å². The van der Waals surface area contributed by atoms with Crippen LogP contribution in [0.3, 0.4) is 0 Å². The van der Waals surface area contributed by atoms with E-state index in [9.17, 15) is 10.1 Å². The molecule has 0 saturated carbocycles. The number of benzene rings is 2. The first-order valence-corrected chi connectivity index (χ1v) is 10.9. The summed E-state index contributed by atoms with van der Waals surface area (Å²) in [5.74, 6) is 2.06. The van der Waals surface area contributed by atoms with Gasteiger partial charge in [-0.1, -0.05) is 6.07 Å². The van der Waals surface area contributed by atoms with Crippen LogP contribution in [-0.4, -0.2) is 54.3 Å². The van der Waals surface area contributed by atoms with E-state index < -0.39 is 4.92 Å². The number of nitro groups is 1. The number of methoxy groups -OCH3 is 2. The Kier molecular flexibility index (Phi) is 8.32. The molecular formula is C25H31N3O5. The molecule has 0 fully saturated rings. The van der Waals surface area contributed by atoms with Gasteiger partial charge in [0, 0.05) is 43.7 Å². The van der Waals surface area contributed by atoms with Crippen LogP contribution < -0.4 is 14.2 Å². The summed E-state index contributed by atoms with van der Waals surface area (Å²) in [6.45, 7) is 6.38. The lowest BCUT2D eigenvalue weighted by atomic mass is 10.1. The van der Waals surface area contributed by atoms with Crippen LogP contribution in [0.5, 0.6) is 17.2 Å². The second kappa shape index (κ2) is 11.4. The van der Waals surface area contributed by atoms with Crippen molar-refractivity contribution in [2.24, 2.45) is 0 Å². The molecule has 1 aromatic heterocycles. The largest absolute Gasteiger partial charge is 0.493 e. The average molecular weight is 454 g/mol. The number of hydrogen-bond donors (Lipinski definition) is 0. The number of aromatic nitrogens is 1. The van der Waals surface area contributed by atoms with E-state index in [1.165, 1.54) is 17.7 Å². The lowest BCUT2D eigenvalue weighted by Crippen LogP contribution is -2.36. The van der Waals surface area contributed by atoms with Crippen LogP contribution in [0, 0.1) is 10.1 Å². The molecule has 0 spiro atoms. The summed E-state index contributed by atoms with van der Waals surface area (Å²) in [5, 5.41) is 11.2. The molecule has 0 atom stereocenters. The quantitative estimate of drug-likeness (QED) is 0.291. The van der Waals surface area contributed by atoms with Crippen LogP contribution in [0.25, 0.3) is 5.69 Å². The molecule has 3 aromatic rings. The predicted molar refractivity (Wildman–Crippen MR) is 128 cm³/mol. The molecule has 3 rings (SSSR count). The first-order valence-electron chi connectivity index (χ1n) is 10.9. The second-order valence-electron chi connectivity index (χ2n) is 7.92. The van der Waals surface area contributed by atoms with Crippen molar-refractivity contribution >= 4 is 5.69 Å². The third kappa shape index (κ3) is 6.26. The van der Waals surface area contributed by atoms with Gasteiger partial charge in [0.1, 0.15) is 12.4 Å². The zero-order chi connectivity index (χ0) is 23.8. The highest BCUT2D eigenvalue weighted by Gasteiger charge is 2.15. The van der Waals surface area contributed by atoms with E-state index in [0.29, 0.717) is 24.1 Å². The Morgan fingerprint density at radius 2 is 1.67 bits per heavy atom. The van der Waals surface area contributed by atoms with Gasteiger partial charge in [-0.15, -0.1) is 0 Å². The number of non-ortho nitro benzene ring substituents is 1. The van der Waals surface area contributed by atoms with Crippen molar-refractivity contribution in [1.29, 1.82) is 0 Å². The summed E-state index contributed by atoms with van der Waals surface area (Å²) < 4.78 is 18.6. The van der Waals surface area contributed by atoms with E-state index in [0.717, 1.165) is 31.0 Å². The number of nitrogens with zero attached hydrogens (tertiary/aromatic N) is 3. The van der Waals surface area contributed by atoms with Gasteiger partial charge < -0.3 is 18.8 Å². The first kappa shape index (κ1) is 24.1. The fourth-order valence-corrected chi connectivity index (χ4v) is 3.65. The summed E-state index contributed by atoms with van der Waals surface area (Å²) >= 11 is 0. The second-order valence-corrected chi connectivity index (χ2v) is 7.92. The molecule has 1 heterocycles. The molecule has 0 aliphatic carbocycles. The van der Waals surface area contributed by atoms with Gasteiger partial charge in [-0.3, -0.25) is 15.0 Å². The van der Waals surface area contributed by atoms with E-state index in [-0.39, 0.29) is 5.69 Å². The highest BCUT2D eigenvalue weighted by Crippen LogP contribution is 2.29. The van der Waals surface area contributed by atoms with Gasteiger partial charge in [0.05, 0.1) is 24.8 Å². The maximum atomic E-state index is 11.2. The number of nitro benzene ring substituents is 1. The molecule has 0 amide bonds. The minimum atomic E-state index is -0.397. The maximum Gasteiger partial charge on any atom is 0.271 e. The lowest BCUT2D eigenvalue weighted by Gasteiger charge is -2.26. The molecule has 8 nitrogen and oxygen atoms in total. The van der Waals surface area contributed by atoms with Gasteiger partial charge in [0.25, 0.3) is 5.69 Å². The van der Waals surface area contributed by atoms with Crippen LogP contribution in [0.15, 0.2) is 60.9 Å². The molecule has 0 aliphatic rings. The maximum absolute atomic E-state index is 11.2. The monoisotopic (exact) mass is 453 g/mol. The number of hydrogen-bond acceptors (Lipinski definition) is 6. The van der Waals surface area contributed by atoms with Crippen LogP contribution in [0.2, 0.25) is 0 Å². The van der Waals surface area contributed by atoms with Crippen molar-refractivity contribution in [1.82, 2.24) is 9.47 Å². The van der Waals surface area contributed by atoms with Crippen LogP contribution >= 0.6 is 0 Å². The minimum Gasteiger partial charge on any atom is -0.493 e. The highest BCUT2D eigenvalue weighted by atomic mass is 16.6. The van der Waals surface area contributed by atoms with E-state index in [1.807, 2.05) is 41.2 Å². The molecule has 0 saturated heterocycles. The lowest BCUT2D eigenvalue weighted by molar-refractivity contribution is -0.384. The summed E-state index contributed by atoms with van der Waals surface area (Å²) in [7, 11) is 3.27. The Hall–Kier alpha value is -3.52. The summed E-state index contributed by atoms with van der Waals surface area (Å²) in [6.07, 6.45) is 4.55. The Balaban J connectivity index is 1.64. The standard InChI is InChI=1S/C25H31N3O5/c1-19(2)26(14-11-20-7-9-24(31-3)25(17-20)32-4)15-16-33-23-10-8-21(28(29)30)18-22(23)27-12-5-6-13-27/h5-10,12-13,17-19H,11,14-16H2,1-4H3. The number of rotatable bonds is 12. The summed E-state index contributed by atoms with van der Waals surface area (Å²) in [4.78, 5) is 13.2. The Morgan fingerprint density at radius 3 is 2.30 bits per heavy atom. The van der Waals surface area contributed by atoms with Gasteiger partial charge in [-0.05, 0) is 56.2 Å². The van der Waals surface area contributed by atoms with E-state index in [4.69, 9.17) is 14.2 Å². The third-order valence-corrected chi connectivity index (χ3v) is 5.54. The number of ether oxygens (including phenoxy) is 3. The van der Waals surface area contributed by atoms with Crippen molar-refractivity contribution in [3.8, 4) is 22.9 Å². The SMILES string of the molecule is COc1ccc(CCN(CCOc2ccc([N+](=O)[O-])cc2-n2cccc2)C(C)C)cc1OC. The van der Waals surface area contributed by atoms with Crippen molar-refractivity contribution in [2.45, 2.75) is 26.3 Å². The molecular weight excluding hydrogens is 422 g/mol. The fraction of sp³-hybridized carbons (Fsp3) is 0.360. The Bertz CT molecular complexity index is 1050. The van der Waals surface area contributed by atoms with Gasteiger partial charge >= 0.3 is 0 Å². The van der Waals surface area contributed by atoms with Gasteiger partial charge in [0.2, 0.25) is 0 Å². The van der Waals surface area contributed by atoms with Crippen molar-refractivity contribution in [3.05, 3.63) is 76.6 Å². The molecule has 0 N–H and O–H groups in total. The van der Waals surface area contributed by atoms with Crippen LogP contribution in [-0.2, 0) is 6.42 Å². The highest BCUT2D eigenvalue weighted by molar-refractivity contribution is 5.54. The van der Waals surface area contributed by atoms with Gasteiger partial charge in [-0.2, -0.15) is 0 Å². The zero-order valence-electron chi connectivity index (χ0n) is 19.6. The average Bonchev–Trinajstić information content (AvgIpc) is 3.35. The van der Waals surface area contributed by atoms with Crippen molar-refractivity contribution < 1.29 is 19.1 Å². The molecule has 176 valence electrons. The topological polar surface area (TPSA) is 79.0 Å². The van der Waals surface area contributed by atoms with Gasteiger partial charge in [-0.25, -0.2) is 0 Å². The van der Waals surface area contributed by atoms with Crippen molar-refractivity contribution in [3.63, 3.8) is 0 Å². The molecule has 33 heavy (non-hydrogen) atoms. The minimum absolute atomic E-state index is 0.0322. The van der Waals surface area contributed by atoms with Gasteiger partial charge in [0.15, 0.2) is 11.5 Å². The van der Waals surface area contributed by atoms with Crippen LogP contribution in [0.1, 0.15) is 19.4 Å². The predicted octanol–water partition coefficient (Wildman–Crippen LogP) is 4.73. The molecule has 0 unspecified atom stereocenters. The fourth-order valence-electron chi connectivity index (χ4n) is 3.65. The molecule has 0 radical (unpaired) electrons. The molecule has 2 aromatic carbocycles. The molecule has 0 bridgehead atoms. The Morgan fingerprint density at radius 1 is 0.970 bits per heavy atom. The van der Waals surface area contributed by atoms with E-state index in [2.05, 4.69) is 24.8 Å². The molecule has 8 heteroatoms. The Labute approximate surface area is 194 Å². The van der Waals surface area contributed by atoms with E-state index in [1.54, 1.807) is 20.3 Å². The van der Waals surface area contributed by atoms with E-state index >= 15 is 0 Å². The molecule has 0 aliphatic heterocycles. The first-order chi connectivity index (χ1) is 15.9. The zero-order valence-corrected chi connectivity index (χ0v) is 19.6. The normalized spacial score (nSPS) is 11.1. The summed E-state index contributed by atoms with van der Waals surface area (Å²) in [5.41, 5.74) is 1.85. The van der Waals surface area contributed by atoms with Crippen molar-refractivity contribution in [2.75, 3.05) is 33.9 Å². The smallest absolute Gasteiger partial charge is 0.271 e. The summed E-state index contributed by atoms with van der Waals surface area (Å²) in [6, 6.07) is 14.7.